The molecular weight excluding hydrogens is 242 g/mol. The second-order valence-electron chi connectivity index (χ2n) is 3.12. The van der Waals surface area contributed by atoms with Gasteiger partial charge in [-0.3, -0.25) is 0 Å². The van der Waals surface area contributed by atoms with Gasteiger partial charge in [0.15, 0.2) is 0 Å². The summed E-state index contributed by atoms with van der Waals surface area (Å²) in [4.78, 5) is 3.46. The fourth-order valence-corrected chi connectivity index (χ4v) is 1.26. The van der Waals surface area contributed by atoms with Crippen LogP contribution in [0.5, 0.6) is 0 Å². The number of alkyl halides is 3. The fraction of sp³-hybridized carbons (Fsp3) is 0.111. The molecule has 1 aromatic heterocycles. The number of halogens is 4. The summed E-state index contributed by atoms with van der Waals surface area (Å²) in [7, 11) is 0. The lowest BCUT2D eigenvalue weighted by Crippen LogP contribution is -2.08. The van der Waals surface area contributed by atoms with E-state index in [4.69, 9.17) is 5.73 Å². The Morgan fingerprint density at radius 2 is 1.94 bits per heavy atom. The van der Waals surface area contributed by atoms with Crippen LogP contribution in [0.25, 0.3) is 11.5 Å². The molecule has 8 heteroatoms. The van der Waals surface area contributed by atoms with Crippen LogP contribution >= 0.6 is 0 Å². The molecule has 17 heavy (non-hydrogen) atoms. The number of hydrogen-bond donors (Lipinski definition) is 1. The third-order valence-corrected chi connectivity index (χ3v) is 1.98. The van der Waals surface area contributed by atoms with Gasteiger partial charge in [0.05, 0.1) is 11.1 Å². The molecule has 0 aliphatic carbocycles. The summed E-state index contributed by atoms with van der Waals surface area (Å²) in [5.41, 5.74) is 3.29. The maximum absolute atomic E-state index is 13.6. The number of anilines is 1. The summed E-state index contributed by atoms with van der Waals surface area (Å²) in [6.45, 7) is 0. The number of hydrogen-bond acceptors (Lipinski definition) is 4. The van der Waals surface area contributed by atoms with E-state index in [1.165, 1.54) is 0 Å². The molecule has 2 rings (SSSR count). The maximum atomic E-state index is 13.6. The van der Waals surface area contributed by atoms with Crippen molar-refractivity contribution in [1.29, 1.82) is 0 Å². The van der Waals surface area contributed by atoms with Crippen molar-refractivity contribution in [2.24, 2.45) is 0 Å². The van der Waals surface area contributed by atoms with Gasteiger partial charge in [-0.15, -0.1) is 0 Å². The van der Waals surface area contributed by atoms with Crippen molar-refractivity contribution in [3.05, 3.63) is 29.6 Å². The molecule has 0 saturated heterocycles. The van der Waals surface area contributed by atoms with Gasteiger partial charge >= 0.3 is 6.18 Å². The molecule has 0 saturated carbocycles. The van der Waals surface area contributed by atoms with E-state index in [0.29, 0.717) is 6.07 Å². The van der Waals surface area contributed by atoms with E-state index >= 15 is 0 Å². The second-order valence-corrected chi connectivity index (χ2v) is 3.12. The topological polar surface area (TPSA) is 64.9 Å². The fourth-order valence-electron chi connectivity index (χ4n) is 1.26. The molecule has 0 aliphatic heterocycles. The van der Waals surface area contributed by atoms with E-state index in [1.807, 2.05) is 0 Å². The van der Waals surface area contributed by atoms with Gasteiger partial charge in [-0.05, 0) is 17.3 Å². The van der Waals surface area contributed by atoms with Crippen molar-refractivity contribution in [2.75, 3.05) is 5.73 Å². The predicted octanol–water partition coefficient (Wildman–Crippen LogP) is 2.48. The number of aromatic nitrogens is 2. The smallest absolute Gasteiger partial charge is 0.365 e. The number of nitrogens with zero attached hydrogens (tertiary/aromatic N) is 2. The molecule has 90 valence electrons. The van der Waals surface area contributed by atoms with Crippen molar-refractivity contribution in [2.45, 2.75) is 6.18 Å². The molecule has 2 N–H and O–H groups in total. The van der Waals surface area contributed by atoms with Crippen molar-refractivity contribution in [3.63, 3.8) is 0 Å². The Kier molecular flexibility index (Phi) is 2.49. The van der Waals surface area contributed by atoms with Crippen LogP contribution in [0.4, 0.5) is 23.5 Å². The minimum Gasteiger partial charge on any atom is -0.365 e. The van der Waals surface area contributed by atoms with Gasteiger partial charge in [-0.25, -0.2) is 4.39 Å². The van der Waals surface area contributed by atoms with Gasteiger partial charge in [-0.2, -0.15) is 18.2 Å². The zero-order valence-electron chi connectivity index (χ0n) is 8.12. The first-order chi connectivity index (χ1) is 7.89. The predicted molar refractivity (Wildman–Crippen MR) is 49.1 cm³/mol. The highest BCUT2D eigenvalue weighted by Crippen LogP contribution is 2.34. The van der Waals surface area contributed by atoms with Crippen LogP contribution in [0.1, 0.15) is 5.56 Å². The number of rotatable bonds is 1. The molecule has 1 heterocycles. The number of benzene rings is 1. The first-order valence-electron chi connectivity index (χ1n) is 4.35. The van der Waals surface area contributed by atoms with Crippen LogP contribution in [0.15, 0.2) is 22.7 Å². The molecule has 0 fully saturated rings. The molecule has 2 aromatic rings. The molecule has 1 aromatic carbocycles. The molecule has 0 bridgehead atoms. The van der Waals surface area contributed by atoms with Crippen LogP contribution < -0.4 is 5.73 Å². The Hall–Kier alpha value is -2.12. The summed E-state index contributed by atoms with van der Waals surface area (Å²) in [5, 5.41) is 3.17. The molecule has 4 nitrogen and oxygen atoms in total. The Bertz CT molecular complexity index is 549. The lowest BCUT2D eigenvalue weighted by Gasteiger charge is -2.08. The van der Waals surface area contributed by atoms with Crippen LogP contribution in [-0.2, 0) is 6.18 Å². The first-order valence-corrected chi connectivity index (χ1v) is 4.35. The number of nitrogens with two attached hydrogens (primary N) is 1. The highest BCUT2D eigenvalue weighted by atomic mass is 19.4. The summed E-state index contributed by atoms with van der Waals surface area (Å²) in [6, 6.07) is 2.76. The van der Waals surface area contributed by atoms with Gasteiger partial charge in [0.2, 0.25) is 0 Å². The SMILES string of the molecule is Nc1noc(-c2cccc(C(F)(F)F)c2F)n1. The second kappa shape index (κ2) is 3.72. The van der Waals surface area contributed by atoms with Gasteiger partial charge in [0, 0.05) is 0 Å². The quantitative estimate of drug-likeness (QED) is 0.786. The highest BCUT2D eigenvalue weighted by molar-refractivity contribution is 5.56. The largest absolute Gasteiger partial charge is 0.419 e. The summed E-state index contributed by atoms with van der Waals surface area (Å²) >= 11 is 0. The van der Waals surface area contributed by atoms with E-state index in [2.05, 4.69) is 14.7 Å². The van der Waals surface area contributed by atoms with Crippen molar-refractivity contribution in [1.82, 2.24) is 10.1 Å². The van der Waals surface area contributed by atoms with Crippen LogP contribution in [-0.4, -0.2) is 10.1 Å². The molecule has 0 radical (unpaired) electrons. The van der Waals surface area contributed by atoms with Gasteiger partial charge in [0.1, 0.15) is 5.82 Å². The molecule has 0 unspecified atom stereocenters. The minimum atomic E-state index is -4.79. The Balaban J connectivity index is 2.57. The van der Waals surface area contributed by atoms with Crippen molar-refractivity contribution < 1.29 is 22.1 Å². The molecular formula is C9H5F4N3O. The summed E-state index contributed by atoms with van der Waals surface area (Å²) < 4.78 is 55.3. The van der Waals surface area contributed by atoms with E-state index in [9.17, 15) is 17.6 Å². The van der Waals surface area contributed by atoms with Gasteiger partial charge < -0.3 is 10.3 Å². The lowest BCUT2D eigenvalue weighted by atomic mass is 10.1. The van der Waals surface area contributed by atoms with Crippen LogP contribution in [0, 0.1) is 5.82 Å². The molecule has 0 spiro atoms. The zero-order chi connectivity index (χ0) is 12.6. The highest BCUT2D eigenvalue weighted by Gasteiger charge is 2.35. The van der Waals surface area contributed by atoms with Gasteiger partial charge in [0.25, 0.3) is 11.8 Å². The standard InChI is InChI=1S/C9H5F4N3O/c10-6-4(7-15-8(14)16-17-7)2-1-3-5(6)9(11,12)13/h1-3H,(H2,14,16). The Morgan fingerprint density at radius 3 is 2.47 bits per heavy atom. The van der Waals surface area contributed by atoms with Crippen molar-refractivity contribution >= 4 is 5.95 Å². The van der Waals surface area contributed by atoms with Crippen molar-refractivity contribution in [3.8, 4) is 11.5 Å². The zero-order valence-corrected chi connectivity index (χ0v) is 8.12. The average Bonchev–Trinajstić information content (AvgIpc) is 2.63. The van der Waals surface area contributed by atoms with E-state index < -0.39 is 29.0 Å². The monoisotopic (exact) mass is 247 g/mol. The Morgan fingerprint density at radius 1 is 1.24 bits per heavy atom. The molecule has 0 aliphatic rings. The molecule has 0 atom stereocenters. The van der Waals surface area contributed by atoms with Gasteiger partial charge in [-0.1, -0.05) is 6.07 Å². The summed E-state index contributed by atoms with van der Waals surface area (Å²) in [6.07, 6.45) is -4.79. The Labute approximate surface area is 92.0 Å². The third kappa shape index (κ3) is 2.05. The maximum Gasteiger partial charge on any atom is 0.419 e. The first kappa shape index (κ1) is 11.4. The third-order valence-electron chi connectivity index (χ3n) is 1.98. The number of nitrogen functional groups attached to an aromatic ring is 1. The van der Waals surface area contributed by atoms with E-state index in [0.717, 1.165) is 12.1 Å². The van der Waals surface area contributed by atoms with E-state index in [-0.39, 0.29) is 5.95 Å². The average molecular weight is 247 g/mol. The van der Waals surface area contributed by atoms with Crippen LogP contribution in [0.2, 0.25) is 0 Å². The summed E-state index contributed by atoms with van der Waals surface area (Å²) in [5.74, 6) is -2.15. The lowest BCUT2D eigenvalue weighted by molar-refractivity contribution is -0.139. The minimum absolute atomic E-state index is 0.281. The van der Waals surface area contributed by atoms with Crippen LogP contribution in [0.3, 0.4) is 0 Å². The normalized spacial score (nSPS) is 11.8. The molecule has 0 amide bonds. The van der Waals surface area contributed by atoms with E-state index in [1.54, 1.807) is 0 Å².